The largest absolute Gasteiger partial charge is 0.329 e. The van der Waals surface area contributed by atoms with Gasteiger partial charge in [0.1, 0.15) is 0 Å². The summed E-state index contributed by atoms with van der Waals surface area (Å²) in [5.74, 6) is 0.759. The lowest BCUT2D eigenvalue weighted by Crippen LogP contribution is -2.22. The molecule has 0 heterocycles. The van der Waals surface area contributed by atoms with Gasteiger partial charge in [-0.25, -0.2) is 0 Å². The molecule has 0 saturated carbocycles. The minimum Gasteiger partial charge on any atom is -0.329 e. The van der Waals surface area contributed by atoms with Gasteiger partial charge < -0.3 is 5.73 Å². The van der Waals surface area contributed by atoms with E-state index in [1.807, 2.05) is 0 Å². The summed E-state index contributed by atoms with van der Waals surface area (Å²) < 4.78 is 0. The minimum atomic E-state index is 0.521. The van der Waals surface area contributed by atoms with Gasteiger partial charge in [0.15, 0.2) is 0 Å². The molecule has 0 aromatic carbocycles. The quantitative estimate of drug-likeness (QED) is 0.681. The Kier molecular flexibility index (Phi) is 5.50. The molecular formula is C7H16BrN. The van der Waals surface area contributed by atoms with Crippen molar-refractivity contribution in [3.05, 3.63) is 0 Å². The Morgan fingerprint density at radius 3 is 1.89 bits per heavy atom. The van der Waals surface area contributed by atoms with E-state index < -0.39 is 0 Å². The van der Waals surface area contributed by atoms with Gasteiger partial charge in [0.25, 0.3) is 0 Å². The van der Waals surface area contributed by atoms with Crippen molar-refractivity contribution in [2.24, 2.45) is 11.7 Å². The van der Waals surface area contributed by atoms with Crippen molar-refractivity contribution in [1.82, 2.24) is 0 Å². The maximum atomic E-state index is 5.48. The molecule has 0 aromatic rings. The lowest BCUT2D eigenvalue weighted by Gasteiger charge is -2.16. The summed E-state index contributed by atoms with van der Waals surface area (Å²) in [6.07, 6.45) is 2.45. The predicted molar refractivity (Wildman–Crippen MR) is 45.8 cm³/mol. The molecule has 0 aliphatic heterocycles. The highest BCUT2D eigenvalue weighted by molar-refractivity contribution is 9.09. The normalized spacial score (nSPS) is 14.3. The van der Waals surface area contributed by atoms with Crippen molar-refractivity contribution in [2.45, 2.75) is 31.5 Å². The monoisotopic (exact) mass is 193 g/mol. The van der Waals surface area contributed by atoms with Crippen LogP contribution >= 0.6 is 15.9 Å². The van der Waals surface area contributed by atoms with Crippen LogP contribution in [-0.4, -0.2) is 11.4 Å². The molecule has 0 spiro atoms. The van der Waals surface area contributed by atoms with Crippen LogP contribution in [0.3, 0.4) is 0 Å². The molecule has 1 atom stereocenters. The summed E-state index contributed by atoms with van der Waals surface area (Å²) in [4.78, 5) is 0.521. The third kappa shape index (κ3) is 3.21. The molecule has 1 nitrogen and oxygen atoms in total. The fourth-order valence-electron chi connectivity index (χ4n) is 0.993. The van der Waals surface area contributed by atoms with E-state index in [2.05, 4.69) is 29.8 Å². The molecule has 0 aromatic heterocycles. The van der Waals surface area contributed by atoms with E-state index in [-0.39, 0.29) is 0 Å². The van der Waals surface area contributed by atoms with Gasteiger partial charge in [0, 0.05) is 11.4 Å². The summed E-state index contributed by atoms with van der Waals surface area (Å²) >= 11 is 3.54. The second-order valence-electron chi connectivity index (χ2n) is 2.33. The summed E-state index contributed by atoms with van der Waals surface area (Å²) in [5.41, 5.74) is 5.48. The van der Waals surface area contributed by atoms with Gasteiger partial charge in [-0.2, -0.15) is 0 Å². The highest BCUT2D eigenvalue weighted by Crippen LogP contribution is 2.18. The summed E-state index contributed by atoms with van der Waals surface area (Å²) in [6, 6.07) is 0. The maximum Gasteiger partial charge on any atom is 0.0296 e. The molecule has 56 valence electrons. The fraction of sp³-hybridized carbons (Fsp3) is 1.00. The average molecular weight is 194 g/mol. The predicted octanol–water partition coefficient (Wildman–Crippen LogP) is 2.14. The van der Waals surface area contributed by atoms with Crippen LogP contribution in [0.5, 0.6) is 0 Å². The highest BCUT2D eigenvalue weighted by Gasteiger charge is 2.11. The molecule has 9 heavy (non-hydrogen) atoms. The van der Waals surface area contributed by atoms with Crippen molar-refractivity contribution < 1.29 is 0 Å². The van der Waals surface area contributed by atoms with Gasteiger partial charge in [-0.3, -0.25) is 0 Å². The molecule has 0 saturated heterocycles. The zero-order valence-electron chi connectivity index (χ0n) is 6.23. The van der Waals surface area contributed by atoms with E-state index >= 15 is 0 Å². The van der Waals surface area contributed by atoms with Crippen LogP contribution in [0.25, 0.3) is 0 Å². The molecule has 0 aliphatic carbocycles. The first kappa shape index (κ1) is 9.44. The molecule has 0 radical (unpaired) electrons. The Morgan fingerprint density at radius 2 is 1.78 bits per heavy atom. The Balaban J connectivity index is 3.50. The molecule has 0 fully saturated rings. The van der Waals surface area contributed by atoms with Crippen molar-refractivity contribution in [1.29, 1.82) is 0 Å². The zero-order chi connectivity index (χ0) is 7.28. The van der Waals surface area contributed by atoms with Gasteiger partial charge in [-0.15, -0.1) is 0 Å². The van der Waals surface area contributed by atoms with Gasteiger partial charge in [-0.05, 0) is 5.92 Å². The maximum absolute atomic E-state index is 5.48. The highest BCUT2D eigenvalue weighted by atomic mass is 79.9. The van der Waals surface area contributed by atoms with Crippen LogP contribution in [0.4, 0.5) is 0 Å². The number of halogens is 1. The third-order valence-electron chi connectivity index (χ3n) is 1.79. The van der Waals surface area contributed by atoms with Gasteiger partial charge in [0.05, 0.1) is 0 Å². The summed E-state index contributed by atoms with van der Waals surface area (Å²) in [7, 11) is 0. The van der Waals surface area contributed by atoms with Gasteiger partial charge >= 0.3 is 0 Å². The molecular weight excluding hydrogens is 178 g/mol. The molecule has 1 unspecified atom stereocenters. The Labute approximate surface area is 66.1 Å². The van der Waals surface area contributed by atoms with Gasteiger partial charge in [-0.1, -0.05) is 42.6 Å². The van der Waals surface area contributed by atoms with E-state index in [0.29, 0.717) is 4.83 Å². The second-order valence-corrected chi connectivity index (χ2v) is 3.50. The molecule has 0 amide bonds. The van der Waals surface area contributed by atoms with Crippen LogP contribution < -0.4 is 5.73 Å². The third-order valence-corrected chi connectivity index (χ3v) is 2.91. The SMILES string of the molecule is CCC(CC)C(Br)CN. The first-order valence-electron chi connectivity index (χ1n) is 3.60. The molecule has 0 bridgehead atoms. The number of hydrogen-bond donors (Lipinski definition) is 1. The molecule has 0 aliphatic rings. The topological polar surface area (TPSA) is 26.0 Å². The van der Waals surface area contributed by atoms with E-state index in [4.69, 9.17) is 5.73 Å². The number of rotatable bonds is 4. The fourth-order valence-corrected chi connectivity index (χ4v) is 1.74. The Bertz CT molecular complexity index is 61.9. The van der Waals surface area contributed by atoms with Crippen LogP contribution in [-0.2, 0) is 0 Å². The Hall–Kier alpha value is 0.440. The second kappa shape index (κ2) is 5.24. The molecule has 2 heteroatoms. The van der Waals surface area contributed by atoms with Crippen LogP contribution in [0.1, 0.15) is 26.7 Å². The summed E-state index contributed by atoms with van der Waals surface area (Å²) in [6.45, 7) is 5.17. The standard InChI is InChI=1S/C7H16BrN/c1-3-6(4-2)7(8)5-9/h6-7H,3-5,9H2,1-2H3. The van der Waals surface area contributed by atoms with Crippen LogP contribution in [0.2, 0.25) is 0 Å². The smallest absolute Gasteiger partial charge is 0.0296 e. The Morgan fingerprint density at radius 1 is 1.33 bits per heavy atom. The molecule has 0 rings (SSSR count). The van der Waals surface area contributed by atoms with Crippen LogP contribution in [0.15, 0.2) is 0 Å². The first-order valence-corrected chi connectivity index (χ1v) is 4.51. The van der Waals surface area contributed by atoms with Crippen molar-refractivity contribution in [3.8, 4) is 0 Å². The van der Waals surface area contributed by atoms with E-state index in [9.17, 15) is 0 Å². The summed E-state index contributed by atoms with van der Waals surface area (Å²) in [5, 5.41) is 0. The first-order chi connectivity index (χ1) is 4.26. The zero-order valence-corrected chi connectivity index (χ0v) is 7.82. The van der Waals surface area contributed by atoms with E-state index in [1.165, 1.54) is 12.8 Å². The lowest BCUT2D eigenvalue weighted by atomic mass is 10.00. The number of alkyl halides is 1. The average Bonchev–Trinajstić information content (AvgIpc) is 1.90. The van der Waals surface area contributed by atoms with Gasteiger partial charge in [0.2, 0.25) is 0 Å². The lowest BCUT2D eigenvalue weighted by molar-refractivity contribution is 0.481. The minimum absolute atomic E-state index is 0.521. The van der Waals surface area contributed by atoms with Crippen molar-refractivity contribution >= 4 is 15.9 Å². The number of hydrogen-bond acceptors (Lipinski definition) is 1. The molecule has 2 N–H and O–H groups in total. The van der Waals surface area contributed by atoms with Crippen molar-refractivity contribution in [3.63, 3.8) is 0 Å². The van der Waals surface area contributed by atoms with Crippen molar-refractivity contribution in [2.75, 3.05) is 6.54 Å². The van der Waals surface area contributed by atoms with Crippen LogP contribution in [0, 0.1) is 5.92 Å². The van der Waals surface area contributed by atoms with E-state index in [1.54, 1.807) is 0 Å². The van der Waals surface area contributed by atoms with E-state index in [0.717, 1.165) is 12.5 Å². The number of nitrogens with two attached hydrogens (primary N) is 1.